The molecule has 0 saturated carbocycles. The summed E-state index contributed by atoms with van der Waals surface area (Å²) < 4.78 is 0. The fourth-order valence-corrected chi connectivity index (χ4v) is 3.01. The Kier molecular flexibility index (Phi) is 5.99. The van der Waals surface area contributed by atoms with Crippen molar-refractivity contribution in [2.45, 2.75) is 12.8 Å². The Bertz CT molecular complexity index is 630. The van der Waals surface area contributed by atoms with Crippen molar-refractivity contribution in [3.63, 3.8) is 0 Å². The number of thiazole rings is 1. The van der Waals surface area contributed by atoms with Crippen molar-refractivity contribution in [2.75, 3.05) is 13.1 Å². The molecule has 0 saturated heterocycles. The molecule has 0 atom stereocenters. The monoisotopic (exact) mass is 343 g/mol. The lowest BCUT2D eigenvalue weighted by Crippen LogP contribution is -2.26. The molecule has 3 N–H and O–H groups in total. The van der Waals surface area contributed by atoms with Crippen LogP contribution < -0.4 is 11.1 Å². The van der Waals surface area contributed by atoms with E-state index in [4.69, 9.17) is 28.9 Å². The Morgan fingerprint density at radius 2 is 2.14 bits per heavy atom. The molecular weight excluding hydrogens is 329 g/mol. The van der Waals surface area contributed by atoms with E-state index in [0.29, 0.717) is 41.7 Å². The number of halogens is 2. The summed E-state index contributed by atoms with van der Waals surface area (Å²) >= 11 is 13.5. The number of benzene rings is 1. The minimum Gasteiger partial charge on any atom is -0.350 e. The molecule has 1 aromatic carbocycles. The SMILES string of the molecule is NCCc1nc(C(=O)NCCc2cccc(Cl)c2Cl)cs1. The lowest BCUT2D eigenvalue weighted by Gasteiger charge is -2.06. The molecule has 0 bridgehead atoms. The largest absolute Gasteiger partial charge is 0.350 e. The molecule has 7 heteroatoms. The van der Waals surface area contributed by atoms with Gasteiger partial charge < -0.3 is 11.1 Å². The van der Waals surface area contributed by atoms with Crippen LogP contribution in [0.15, 0.2) is 23.6 Å². The average Bonchev–Trinajstić information content (AvgIpc) is 2.92. The van der Waals surface area contributed by atoms with Crippen LogP contribution >= 0.6 is 34.5 Å². The molecule has 0 aliphatic carbocycles. The molecule has 0 aliphatic rings. The van der Waals surface area contributed by atoms with Crippen LogP contribution in [0.5, 0.6) is 0 Å². The first kappa shape index (κ1) is 16.2. The number of nitrogens with zero attached hydrogens (tertiary/aromatic N) is 1. The fraction of sp³-hybridized carbons (Fsp3) is 0.286. The number of carbonyl (C=O) groups excluding carboxylic acids is 1. The molecule has 0 radical (unpaired) electrons. The van der Waals surface area contributed by atoms with Gasteiger partial charge >= 0.3 is 0 Å². The molecule has 112 valence electrons. The average molecular weight is 344 g/mol. The summed E-state index contributed by atoms with van der Waals surface area (Å²) in [4.78, 5) is 16.2. The Morgan fingerprint density at radius 1 is 1.33 bits per heavy atom. The molecule has 2 aromatic rings. The highest BCUT2D eigenvalue weighted by Crippen LogP contribution is 2.25. The van der Waals surface area contributed by atoms with Crippen LogP contribution in [-0.4, -0.2) is 24.0 Å². The van der Waals surface area contributed by atoms with E-state index in [1.807, 2.05) is 12.1 Å². The first-order chi connectivity index (χ1) is 10.1. The molecule has 0 fully saturated rings. The number of amides is 1. The van der Waals surface area contributed by atoms with E-state index in [1.165, 1.54) is 11.3 Å². The van der Waals surface area contributed by atoms with Crippen molar-refractivity contribution < 1.29 is 4.79 Å². The second kappa shape index (κ2) is 7.75. The summed E-state index contributed by atoms with van der Waals surface area (Å²) in [5.41, 5.74) is 6.80. The third-order valence-electron chi connectivity index (χ3n) is 2.85. The van der Waals surface area contributed by atoms with Crippen LogP contribution in [0, 0.1) is 0 Å². The van der Waals surface area contributed by atoms with Crippen LogP contribution in [0.2, 0.25) is 10.0 Å². The summed E-state index contributed by atoms with van der Waals surface area (Å²) in [7, 11) is 0. The highest BCUT2D eigenvalue weighted by molar-refractivity contribution is 7.09. The quantitative estimate of drug-likeness (QED) is 0.847. The molecule has 1 aromatic heterocycles. The Balaban J connectivity index is 1.87. The summed E-state index contributed by atoms with van der Waals surface area (Å²) in [5.74, 6) is -0.187. The van der Waals surface area contributed by atoms with Gasteiger partial charge in [-0.25, -0.2) is 4.98 Å². The Morgan fingerprint density at radius 3 is 2.90 bits per heavy atom. The second-order valence-electron chi connectivity index (χ2n) is 4.38. The molecular formula is C14H15Cl2N3OS. The summed E-state index contributed by atoms with van der Waals surface area (Å²) in [6, 6.07) is 5.47. The maximum Gasteiger partial charge on any atom is 0.270 e. The van der Waals surface area contributed by atoms with E-state index in [0.717, 1.165) is 10.6 Å². The minimum atomic E-state index is -0.187. The summed E-state index contributed by atoms with van der Waals surface area (Å²) in [5, 5.41) is 6.49. The van der Waals surface area contributed by atoms with Gasteiger partial charge in [0.15, 0.2) is 0 Å². The zero-order chi connectivity index (χ0) is 15.2. The number of nitrogens with one attached hydrogen (secondary N) is 1. The van der Waals surface area contributed by atoms with Crippen molar-refractivity contribution in [3.8, 4) is 0 Å². The highest BCUT2D eigenvalue weighted by atomic mass is 35.5. The van der Waals surface area contributed by atoms with Gasteiger partial charge in [0.2, 0.25) is 0 Å². The molecule has 21 heavy (non-hydrogen) atoms. The second-order valence-corrected chi connectivity index (χ2v) is 6.11. The molecule has 0 aliphatic heterocycles. The van der Waals surface area contributed by atoms with Crippen LogP contribution in [-0.2, 0) is 12.8 Å². The van der Waals surface area contributed by atoms with E-state index in [1.54, 1.807) is 11.4 Å². The third kappa shape index (κ3) is 4.41. The van der Waals surface area contributed by atoms with E-state index in [2.05, 4.69) is 10.3 Å². The van der Waals surface area contributed by atoms with Gasteiger partial charge in [-0.1, -0.05) is 35.3 Å². The first-order valence-corrected chi connectivity index (χ1v) is 8.11. The van der Waals surface area contributed by atoms with Gasteiger partial charge in [0.25, 0.3) is 5.91 Å². The zero-order valence-corrected chi connectivity index (χ0v) is 13.6. The molecule has 0 unspecified atom stereocenters. The Hall–Kier alpha value is -1.14. The van der Waals surface area contributed by atoms with E-state index < -0.39 is 0 Å². The molecule has 0 spiro atoms. The van der Waals surface area contributed by atoms with Crippen molar-refractivity contribution in [2.24, 2.45) is 5.73 Å². The van der Waals surface area contributed by atoms with Crippen molar-refractivity contribution in [1.82, 2.24) is 10.3 Å². The first-order valence-electron chi connectivity index (χ1n) is 6.47. The van der Waals surface area contributed by atoms with Crippen molar-refractivity contribution >= 4 is 40.4 Å². The highest BCUT2D eigenvalue weighted by Gasteiger charge is 2.10. The lowest BCUT2D eigenvalue weighted by atomic mass is 10.1. The van der Waals surface area contributed by atoms with E-state index >= 15 is 0 Å². The van der Waals surface area contributed by atoms with Gasteiger partial charge in [-0.3, -0.25) is 4.79 Å². The maximum atomic E-state index is 11.9. The van der Waals surface area contributed by atoms with Gasteiger partial charge in [0, 0.05) is 18.3 Å². The molecule has 1 amide bonds. The van der Waals surface area contributed by atoms with Gasteiger partial charge in [-0.05, 0) is 24.6 Å². The summed E-state index contributed by atoms with van der Waals surface area (Å²) in [6.07, 6.45) is 1.31. The van der Waals surface area contributed by atoms with Crippen molar-refractivity contribution in [1.29, 1.82) is 0 Å². The van der Waals surface area contributed by atoms with Gasteiger partial charge in [0.05, 0.1) is 15.1 Å². The number of rotatable bonds is 6. The molecule has 1 heterocycles. The van der Waals surface area contributed by atoms with Crippen LogP contribution in [0.4, 0.5) is 0 Å². The number of nitrogens with two attached hydrogens (primary N) is 1. The smallest absolute Gasteiger partial charge is 0.270 e. The van der Waals surface area contributed by atoms with E-state index in [9.17, 15) is 4.79 Å². The zero-order valence-electron chi connectivity index (χ0n) is 11.2. The van der Waals surface area contributed by atoms with E-state index in [-0.39, 0.29) is 5.91 Å². The number of hydrogen-bond donors (Lipinski definition) is 2. The van der Waals surface area contributed by atoms with Crippen LogP contribution in [0.25, 0.3) is 0 Å². The van der Waals surface area contributed by atoms with Gasteiger partial charge in [-0.15, -0.1) is 11.3 Å². The number of hydrogen-bond acceptors (Lipinski definition) is 4. The Labute approximate surface area is 137 Å². The van der Waals surface area contributed by atoms with Crippen LogP contribution in [0.3, 0.4) is 0 Å². The standard InChI is InChI=1S/C14H15Cl2N3OS/c15-10-3-1-2-9(13(10)16)5-7-18-14(20)11-8-21-12(19-11)4-6-17/h1-3,8H,4-7,17H2,(H,18,20). The van der Waals surface area contributed by atoms with Gasteiger partial charge in [-0.2, -0.15) is 0 Å². The lowest BCUT2D eigenvalue weighted by molar-refractivity contribution is 0.0949. The minimum absolute atomic E-state index is 0.187. The van der Waals surface area contributed by atoms with Crippen molar-refractivity contribution in [3.05, 3.63) is 49.9 Å². The number of carbonyl (C=O) groups is 1. The predicted molar refractivity (Wildman–Crippen MR) is 87.4 cm³/mol. The maximum absolute atomic E-state index is 11.9. The number of aromatic nitrogens is 1. The summed E-state index contributed by atoms with van der Waals surface area (Å²) in [6.45, 7) is 1.00. The fourth-order valence-electron chi connectivity index (χ4n) is 1.80. The normalized spacial score (nSPS) is 10.6. The molecule has 2 rings (SSSR count). The third-order valence-corrected chi connectivity index (χ3v) is 4.62. The van der Waals surface area contributed by atoms with Crippen LogP contribution in [0.1, 0.15) is 21.1 Å². The molecule has 4 nitrogen and oxygen atoms in total. The predicted octanol–water partition coefficient (Wildman–Crippen LogP) is 2.92. The van der Waals surface area contributed by atoms with Gasteiger partial charge in [0.1, 0.15) is 5.69 Å². The topological polar surface area (TPSA) is 68.0 Å².